The number of rotatable bonds is 10. The topological polar surface area (TPSA) is 283 Å². The SMILES string of the molecule is O=C([O-])[C@H](O)[C@@H](O)[C@H](O)[C@H](O)CO.O=C([O-])[C@H](O)[C@@H](O)[C@H](O)[C@H](O)CO.[Sr+2]. The van der Waals surface area contributed by atoms with Crippen molar-refractivity contribution >= 4 is 57.4 Å². The quantitative estimate of drug-likeness (QED) is 0.131. The van der Waals surface area contributed by atoms with Gasteiger partial charge in [-0.3, -0.25) is 0 Å². The van der Waals surface area contributed by atoms with Crippen molar-refractivity contribution in [1.82, 2.24) is 0 Å². The third-order valence-corrected chi connectivity index (χ3v) is 2.99. The Morgan fingerprint density at radius 3 is 0.963 bits per heavy atom. The van der Waals surface area contributed by atoms with Gasteiger partial charge < -0.3 is 70.9 Å². The van der Waals surface area contributed by atoms with Crippen molar-refractivity contribution in [2.45, 2.75) is 48.8 Å². The van der Waals surface area contributed by atoms with Gasteiger partial charge in [0.05, 0.1) is 25.2 Å². The molecule has 15 heteroatoms. The summed E-state index contributed by atoms with van der Waals surface area (Å²) in [4.78, 5) is 20.0. The first-order valence-electron chi connectivity index (χ1n) is 6.91. The fourth-order valence-corrected chi connectivity index (χ4v) is 1.32. The number of carbonyl (C=O) groups excluding carboxylic acids is 2. The van der Waals surface area contributed by atoms with Crippen LogP contribution in [0.15, 0.2) is 0 Å². The molecule has 0 saturated heterocycles. The number of hydrogen-bond acceptors (Lipinski definition) is 14. The summed E-state index contributed by atoms with van der Waals surface area (Å²) in [6, 6.07) is 0. The maximum atomic E-state index is 9.98. The Morgan fingerprint density at radius 1 is 0.593 bits per heavy atom. The number of carboxylic acid groups (broad SMARTS) is 2. The molecule has 156 valence electrons. The minimum Gasteiger partial charge on any atom is -0.547 e. The average Bonchev–Trinajstić information content (AvgIpc) is 2.62. The summed E-state index contributed by atoms with van der Waals surface area (Å²) in [7, 11) is 0. The van der Waals surface area contributed by atoms with E-state index < -0.39 is 74.0 Å². The van der Waals surface area contributed by atoms with Crippen LogP contribution in [-0.4, -0.2) is 171 Å². The van der Waals surface area contributed by atoms with Crippen LogP contribution in [0.4, 0.5) is 0 Å². The molecule has 0 spiro atoms. The second kappa shape index (κ2) is 15.9. The minimum atomic E-state index is -2.31. The monoisotopic (exact) mass is 478 g/mol. The van der Waals surface area contributed by atoms with Crippen LogP contribution < -0.4 is 10.2 Å². The minimum absolute atomic E-state index is 0. The molecule has 0 amide bonds. The molecule has 0 aliphatic carbocycles. The summed E-state index contributed by atoms with van der Waals surface area (Å²) in [5, 5.41) is 107. The van der Waals surface area contributed by atoms with E-state index in [0.29, 0.717) is 0 Å². The van der Waals surface area contributed by atoms with Crippen LogP contribution >= 0.6 is 0 Å². The molecule has 0 rings (SSSR count). The van der Waals surface area contributed by atoms with E-state index in [-0.39, 0.29) is 45.5 Å². The molecule has 0 aromatic rings. The van der Waals surface area contributed by atoms with Gasteiger partial charge in [-0.2, -0.15) is 0 Å². The van der Waals surface area contributed by atoms with Crippen molar-refractivity contribution in [3.63, 3.8) is 0 Å². The van der Waals surface area contributed by atoms with Crippen LogP contribution in [0.5, 0.6) is 0 Å². The van der Waals surface area contributed by atoms with Gasteiger partial charge in [0.15, 0.2) is 0 Å². The summed E-state index contributed by atoms with van der Waals surface area (Å²) >= 11 is 0. The number of aliphatic hydroxyl groups excluding tert-OH is 10. The van der Waals surface area contributed by atoms with E-state index in [2.05, 4.69) is 0 Å². The molecule has 0 unspecified atom stereocenters. The first kappa shape index (κ1) is 31.7. The molecule has 8 atom stereocenters. The van der Waals surface area contributed by atoms with Crippen LogP contribution in [0.3, 0.4) is 0 Å². The second-order valence-corrected chi connectivity index (χ2v) is 4.99. The van der Waals surface area contributed by atoms with Gasteiger partial charge in [-0.1, -0.05) is 0 Å². The van der Waals surface area contributed by atoms with E-state index in [4.69, 9.17) is 51.1 Å². The maximum absolute atomic E-state index is 9.98. The van der Waals surface area contributed by atoms with E-state index in [0.717, 1.165) is 0 Å². The van der Waals surface area contributed by atoms with Crippen LogP contribution in [0.1, 0.15) is 0 Å². The molecule has 0 aliphatic rings. The molecule has 0 radical (unpaired) electrons. The van der Waals surface area contributed by atoms with E-state index in [1.54, 1.807) is 0 Å². The van der Waals surface area contributed by atoms with Gasteiger partial charge in [-0.05, 0) is 0 Å². The molecule has 0 aliphatic heterocycles. The summed E-state index contributed by atoms with van der Waals surface area (Å²) in [5.74, 6) is -3.95. The zero-order valence-electron chi connectivity index (χ0n) is 13.8. The molecule has 14 nitrogen and oxygen atoms in total. The predicted molar refractivity (Wildman–Crippen MR) is 78.0 cm³/mol. The zero-order valence-corrected chi connectivity index (χ0v) is 17.3. The summed E-state index contributed by atoms with van der Waals surface area (Å²) in [6.45, 7) is -1.73. The summed E-state index contributed by atoms with van der Waals surface area (Å²) in [6.07, 6.45) is -16.2. The fourth-order valence-electron chi connectivity index (χ4n) is 1.32. The Kier molecular flexibility index (Phi) is 18.7. The Hall–Kier alpha value is 0.0205. The zero-order chi connectivity index (χ0) is 21.2. The van der Waals surface area contributed by atoms with Gasteiger partial charge >= 0.3 is 45.5 Å². The van der Waals surface area contributed by atoms with Crippen molar-refractivity contribution in [1.29, 1.82) is 0 Å². The molecule has 0 saturated carbocycles. The summed E-state index contributed by atoms with van der Waals surface area (Å²) in [5.41, 5.74) is 0. The van der Waals surface area contributed by atoms with E-state index >= 15 is 0 Å². The number of aliphatic hydroxyl groups is 10. The molecule has 27 heavy (non-hydrogen) atoms. The fraction of sp³-hybridized carbons (Fsp3) is 0.833. The molecular formula is C12H22O14Sr. The maximum Gasteiger partial charge on any atom is 2.00 e. The number of aliphatic carboxylic acids is 2. The Labute approximate surface area is 189 Å². The van der Waals surface area contributed by atoms with E-state index in [1.807, 2.05) is 0 Å². The Balaban J connectivity index is -0.000000411. The van der Waals surface area contributed by atoms with Crippen LogP contribution in [0.25, 0.3) is 0 Å². The molecule has 0 fully saturated rings. The largest absolute Gasteiger partial charge is 2.00 e. The van der Waals surface area contributed by atoms with Gasteiger partial charge in [-0.25, -0.2) is 0 Å². The van der Waals surface area contributed by atoms with Crippen LogP contribution in [0, 0.1) is 0 Å². The van der Waals surface area contributed by atoms with Crippen molar-refractivity contribution < 1.29 is 70.9 Å². The van der Waals surface area contributed by atoms with Gasteiger partial charge in [0, 0.05) is 0 Å². The van der Waals surface area contributed by atoms with Gasteiger partial charge in [0.1, 0.15) is 48.8 Å². The third kappa shape index (κ3) is 11.6. The molecular weight excluding hydrogens is 456 g/mol. The number of hydrogen-bond donors (Lipinski definition) is 10. The molecule has 0 bridgehead atoms. The summed E-state index contributed by atoms with van der Waals surface area (Å²) < 4.78 is 0. The van der Waals surface area contributed by atoms with Gasteiger partial charge in [0.2, 0.25) is 0 Å². The third-order valence-electron chi connectivity index (χ3n) is 2.99. The second-order valence-electron chi connectivity index (χ2n) is 4.99. The van der Waals surface area contributed by atoms with Crippen LogP contribution in [0.2, 0.25) is 0 Å². The van der Waals surface area contributed by atoms with Gasteiger partial charge in [-0.15, -0.1) is 0 Å². The Morgan fingerprint density at radius 2 is 0.815 bits per heavy atom. The molecule has 10 N–H and O–H groups in total. The van der Waals surface area contributed by atoms with Crippen molar-refractivity contribution in [3.05, 3.63) is 0 Å². The number of carbonyl (C=O) groups is 2. The van der Waals surface area contributed by atoms with Crippen LogP contribution in [-0.2, 0) is 9.59 Å². The Bertz CT molecular complexity index is 385. The smallest absolute Gasteiger partial charge is 0.547 e. The van der Waals surface area contributed by atoms with Crippen molar-refractivity contribution in [2.24, 2.45) is 0 Å². The van der Waals surface area contributed by atoms with E-state index in [1.165, 1.54) is 0 Å². The molecule has 0 heterocycles. The number of carboxylic acids is 2. The molecule has 0 aromatic carbocycles. The molecule has 0 aromatic heterocycles. The normalized spacial score (nSPS) is 19.6. The standard InChI is InChI=1S/2C6H12O7.Sr/c2*7-1-2(8)3(9)4(10)5(11)6(12)13;/h2*2-5,7-11H,1H2,(H,12,13);/q;;+2/p-2/t2*2-,3-,4+,5-;/m11./s1. The first-order chi connectivity index (χ1) is 11.8. The average molecular weight is 478 g/mol. The predicted octanol–water partition coefficient (Wildman–Crippen LogP) is -10.0. The van der Waals surface area contributed by atoms with Gasteiger partial charge in [0.25, 0.3) is 0 Å². The van der Waals surface area contributed by atoms with Crippen molar-refractivity contribution in [2.75, 3.05) is 13.2 Å². The first-order valence-corrected chi connectivity index (χ1v) is 6.91. The van der Waals surface area contributed by atoms with Crippen molar-refractivity contribution in [3.8, 4) is 0 Å². The van der Waals surface area contributed by atoms with E-state index in [9.17, 15) is 19.8 Å².